The minimum absolute atomic E-state index is 0.539. The van der Waals surface area contributed by atoms with Crippen LogP contribution in [0.25, 0.3) is 0 Å². The van der Waals surface area contributed by atoms with Crippen LogP contribution in [0, 0.1) is 5.92 Å². The summed E-state index contributed by atoms with van der Waals surface area (Å²) < 4.78 is 0. The number of rotatable bonds is 5. The Hall–Kier alpha value is -0.0800. The van der Waals surface area contributed by atoms with Crippen molar-refractivity contribution in [2.75, 3.05) is 19.6 Å². The minimum Gasteiger partial charge on any atom is -0.312 e. The first-order valence-electron chi connectivity index (χ1n) is 8.35. The average molecular weight is 250 g/mol. The quantitative estimate of drug-likeness (QED) is 0.806. The summed E-state index contributed by atoms with van der Waals surface area (Å²) >= 11 is 0. The van der Waals surface area contributed by atoms with Crippen molar-refractivity contribution in [2.45, 2.75) is 76.3 Å². The molecule has 3 rings (SSSR count). The number of likely N-dealkylation sites (N-methyl/N-ethyl adjacent to an activating group) is 1. The third-order valence-corrected chi connectivity index (χ3v) is 5.83. The molecule has 0 amide bonds. The lowest BCUT2D eigenvalue weighted by Crippen LogP contribution is -2.62. The topological polar surface area (TPSA) is 15.3 Å². The van der Waals surface area contributed by atoms with E-state index >= 15 is 0 Å². The van der Waals surface area contributed by atoms with Crippen LogP contribution in [-0.4, -0.2) is 36.1 Å². The lowest BCUT2D eigenvalue weighted by Gasteiger charge is -2.50. The molecule has 1 atom stereocenters. The van der Waals surface area contributed by atoms with Crippen molar-refractivity contribution in [3.8, 4) is 0 Å². The van der Waals surface area contributed by atoms with Crippen LogP contribution in [0.3, 0.4) is 0 Å². The Morgan fingerprint density at radius 3 is 2.22 bits per heavy atom. The molecule has 0 spiro atoms. The molecule has 1 saturated heterocycles. The standard InChI is InChI=1S/C16H30N2/c1-2-17-15(14-8-7-9-14)16(10-3-4-11-16)18-12-5-6-13-18/h14-15,17H,2-13H2,1H3. The molecule has 0 aromatic carbocycles. The molecular formula is C16H30N2. The molecule has 0 bridgehead atoms. The zero-order valence-corrected chi connectivity index (χ0v) is 12.1. The molecule has 18 heavy (non-hydrogen) atoms. The van der Waals surface area contributed by atoms with Crippen molar-refractivity contribution < 1.29 is 0 Å². The molecule has 104 valence electrons. The fraction of sp³-hybridized carbons (Fsp3) is 1.00. The molecule has 0 aromatic heterocycles. The second-order valence-electron chi connectivity index (χ2n) is 6.73. The SMILES string of the molecule is CCNC(C1CCC1)C1(N2CCCC2)CCCC1. The van der Waals surface area contributed by atoms with E-state index in [9.17, 15) is 0 Å². The Morgan fingerprint density at radius 1 is 1.06 bits per heavy atom. The van der Waals surface area contributed by atoms with Crippen molar-refractivity contribution in [3.05, 3.63) is 0 Å². The largest absolute Gasteiger partial charge is 0.312 e. The number of hydrogen-bond acceptors (Lipinski definition) is 2. The Balaban J connectivity index is 1.80. The van der Waals surface area contributed by atoms with Crippen LogP contribution >= 0.6 is 0 Å². The molecule has 2 saturated carbocycles. The Kier molecular flexibility index (Phi) is 3.95. The van der Waals surface area contributed by atoms with Crippen LogP contribution < -0.4 is 5.32 Å². The monoisotopic (exact) mass is 250 g/mol. The maximum atomic E-state index is 3.90. The summed E-state index contributed by atoms with van der Waals surface area (Å²) in [6.45, 7) is 6.18. The van der Waals surface area contributed by atoms with E-state index in [4.69, 9.17) is 0 Å². The predicted molar refractivity (Wildman–Crippen MR) is 76.8 cm³/mol. The fourth-order valence-electron chi connectivity index (χ4n) is 4.76. The van der Waals surface area contributed by atoms with Gasteiger partial charge in [-0.25, -0.2) is 0 Å². The normalized spacial score (nSPS) is 30.5. The van der Waals surface area contributed by atoms with Gasteiger partial charge in [0.2, 0.25) is 0 Å². The van der Waals surface area contributed by atoms with Gasteiger partial charge in [0, 0.05) is 11.6 Å². The molecule has 2 aliphatic carbocycles. The molecular weight excluding hydrogens is 220 g/mol. The average Bonchev–Trinajstić information content (AvgIpc) is 2.98. The highest BCUT2D eigenvalue weighted by atomic mass is 15.2. The van der Waals surface area contributed by atoms with E-state index in [0.717, 1.165) is 18.5 Å². The van der Waals surface area contributed by atoms with Gasteiger partial charge in [0.25, 0.3) is 0 Å². The van der Waals surface area contributed by atoms with Gasteiger partial charge in [-0.1, -0.05) is 26.2 Å². The smallest absolute Gasteiger partial charge is 0.0365 e. The predicted octanol–water partition coefficient (Wildman–Crippen LogP) is 3.17. The van der Waals surface area contributed by atoms with E-state index in [-0.39, 0.29) is 0 Å². The van der Waals surface area contributed by atoms with Crippen molar-refractivity contribution >= 4 is 0 Å². The molecule has 1 N–H and O–H groups in total. The minimum atomic E-state index is 0.539. The summed E-state index contributed by atoms with van der Waals surface area (Å²) in [7, 11) is 0. The first-order valence-corrected chi connectivity index (χ1v) is 8.35. The first kappa shape index (κ1) is 12.9. The first-order chi connectivity index (χ1) is 8.87. The third-order valence-electron chi connectivity index (χ3n) is 5.83. The Bertz CT molecular complexity index is 260. The number of nitrogens with one attached hydrogen (secondary N) is 1. The van der Waals surface area contributed by atoms with Crippen LogP contribution in [0.1, 0.15) is 64.7 Å². The Labute approximate surface area is 113 Å². The molecule has 1 unspecified atom stereocenters. The molecule has 1 heterocycles. The van der Waals surface area contributed by atoms with Gasteiger partial charge < -0.3 is 5.32 Å². The van der Waals surface area contributed by atoms with Crippen molar-refractivity contribution in [1.29, 1.82) is 0 Å². The molecule has 2 nitrogen and oxygen atoms in total. The summed E-state index contributed by atoms with van der Waals surface area (Å²) in [5.41, 5.74) is 0.539. The van der Waals surface area contributed by atoms with Gasteiger partial charge in [0.1, 0.15) is 0 Å². The number of nitrogens with zero attached hydrogens (tertiary/aromatic N) is 1. The molecule has 2 heteroatoms. The highest BCUT2D eigenvalue weighted by Gasteiger charge is 2.49. The zero-order valence-electron chi connectivity index (χ0n) is 12.1. The van der Waals surface area contributed by atoms with Crippen LogP contribution in [0.5, 0.6) is 0 Å². The van der Waals surface area contributed by atoms with E-state index in [1.54, 1.807) is 0 Å². The zero-order chi connectivity index (χ0) is 12.4. The van der Waals surface area contributed by atoms with Gasteiger partial charge in [0.15, 0.2) is 0 Å². The molecule has 1 aliphatic heterocycles. The Morgan fingerprint density at radius 2 is 1.72 bits per heavy atom. The number of likely N-dealkylation sites (tertiary alicyclic amines) is 1. The highest BCUT2D eigenvalue weighted by molar-refractivity contribution is 5.07. The van der Waals surface area contributed by atoms with E-state index in [2.05, 4.69) is 17.1 Å². The molecule has 3 aliphatic rings. The lowest BCUT2D eigenvalue weighted by atomic mass is 9.70. The maximum absolute atomic E-state index is 3.90. The summed E-state index contributed by atoms with van der Waals surface area (Å²) in [5, 5.41) is 3.90. The van der Waals surface area contributed by atoms with Gasteiger partial charge >= 0.3 is 0 Å². The van der Waals surface area contributed by atoms with Crippen molar-refractivity contribution in [1.82, 2.24) is 10.2 Å². The summed E-state index contributed by atoms with van der Waals surface area (Å²) in [6.07, 6.45) is 13.2. The highest BCUT2D eigenvalue weighted by Crippen LogP contribution is 2.46. The van der Waals surface area contributed by atoms with E-state index < -0.39 is 0 Å². The van der Waals surface area contributed by atoms with Gasteiger partial charge in [-0.15, -0.1) is 0 Å². The fourth-order valence-corrected chi connectivity index (χ4v) is 4.76. The molecule has 3 fully saturated rings. The second kappa shape index (κ2) is 5.50. The van der Waals surface area contributed by atoms with E-state index in [1.807, 2.05) is 0 Å². The molecule has 0 aromatic rings. The summed E-state index contributed by atoms with van der Waals surface area (Å²) in [5.74, 6) is 0.976. The van der Waals surface area contributed by atoms with Crippen LogP contribution in [0.4, 0.5) is 0 Å². The summed E-state index contributed by atoms with van der Waals surface area (Å²) in [4.78, 5) is 2.88. The van der Waals surface area contributed by atoms with Gasteiger partial charge in [-0.2, -0.15) is 0 Å². The summed E-state index contributed by atoms with van der Waals surface area (Å²) in [6, 6.07) is 0.789. The van der Waals surface area contributed by atoms with Crippen molar-refractivity contribution in [3.63, 3.8) is 0 Å². The van der Waals surface area contributed by atoms with E-state index in [1.165, 1.54) is 70.9 Å². The molecule has 0 radical (unpaired) electrons. The van der Waals surface area contributed by atoms with Crippen LogP contribution in [0.15, 0.2) is 0 Å². The van der Waals surface area contributed by atoms with Gasteiger partial charge in [0.05, 0.1) is 0 Å². The van der Waals surface area contributed by atoms with Gasteiger partial charge in [-0.05, 0) is 64.1 Å². The number of hydrogen-bond donors (Lipinski definition) is 1. The second-order valence-corrected chi connectivity index (χ2v) is 6.73. The van der Waals surface area contributed by atoms with Crippen LogP contribution in [-0.2, 0) is 0 Å². The maximum Gasteiger partial charge on any atom is 0.0365 e. The third kappa shape index (κ3) is 2.12. The van der Waals surface area contributed by atoms with E-state index in [0.29, 0.717) is 5.54 Å². The van der Waals surface area contributed by atoms with Crippen molar-refractivity contribution in [2.24, 2.45) is 5.92 Å². The van der Waals surface area contributed by atoms with Crippen LogP contribution in [0.2, 0.25) is 0 Å². The lowest BCUT2D eigenvalue weighted by molar-refractivity contribution is 0.0302. The van der Waals surface area contributed by atoms with Gasteiger partial charge in [-0.3, -0.25) is 4.90 Å².